The first kappa shape index (κ1) is 64.3. The first-order valence-electron chi connectivity index (χ1n) is 29.6. The van der Waals surface area contributed by atoms with Gasteiger partial charge in [0.15, 0.2) is 0 Å². The Morgan fingerprint density at radius 1 is 0.409 bits per heavy atom. The van der Waals surface area contributed by atoms with E-state index in [1.54, 1.807) is 6.08 Å². The quantitative estimate of drug-likeness (QED) is 0.0321. The van der Waals surface area contributed by atoms with Crippen molar-refractivity contribution < 1.29 is 24.5 Å². The van der Waals surface area contributed by atoms with Crippen LogP contribution in [0.25, 0.3) is 0 Å². The first-order valence-corrected chi connectivity index (χ1v) is 29.6. The van der Waals surface area contributed by atoms with Crippen LogP contribution in [0.3, 0.4) is 0 Å². The molecule has 0 rings (SSSR count). The molecule has 2 unspecified atom stereocenters. The van der Waals surface area contributed by atoms with Gasteiger partial charge in [-0.3, -0.25) is 9.59 Å². The van der Waals surface area contributed by atoms with E-state index in [0.29, 0.717) is 19.4 Å². The monoisotopic (exact) mass is 930 g/mol. The number of carbonyl (C=O) groups is 2. The molecule has 0 radical (unpaired) electrons. The fourth-order valence-electron chi connectivity index (χ4n) is 9.16. The van der Waals surface area contributed by atoms with Crippen molar-refractivity contribution in [1.29, 1.82) is 0 Å². The van der Waals surface area contributed by atoms with Crippen LogP contribution in [0, 0.1) is 0 Å². The summed E-state index contributed by atoms with van der Waals surface area (Å²) < 4.78 is 5.47. The number of unbranched alkanes of at least 4 members (excludes halogenated alkanes) is 42. The molecule has 0 saturated carbocycles. The number of carbonyl (C=O) groups excluding carboxylic acids is 2. The van der Waals surface area contributed by atoms with E-state index in [1.807, 2.05) is 6.08 Å². The SMILES string of the molecule is CCCCCCCCCCCCCC/C=C/C(O)C(CO)NC(=O)CCCCCCCCC/C=C\CCCCCCCCCCCCCOC(=O)CCCCCCCCCCCCCCC. The maximum absolute atomic E-state index is 12.4. The fraction of sp³-hybridized carbons (Fsp3) is 0.900. The zero-order chi connectivity index (χ0) is 47.9. The number of amides is 1. The number of nitrogens with one attached hydrogen (secondary N) is 1. The van der Waals surface area contributed by atoms with Crippen molar-refractivity contribution in [3.8, 4) is 0 Å². The molecule has 390 valence electrons. The Morgan fingerprint density at radius 2 is 0.712 bits per heavy atom. The minimum absolute atomic E-state index is 0.0110. The van der Waals surface area contributed by atoms with Crippen LogP contribution in [0.5, 0.6) is 0 Å². The van der Waals surface area contributed by atoms with Gasteiger partial charge in [-0.05, 0) is 57.8 Å². The molecule has 0 aromatic rings. The van der Waals surface area contributed by atoms with Gasteiger partial charge in [-0.2, -0.15) is 0 Å². The molecule has 0 aliphatic carbocycles. The van der Waals surface area contributed by atoms with Gasteiger partial charge in [0, 0.05) is 12.8 Å². The standard InChI is InChI=1S/C60H115NO5/c1-3-5-7-9-11-13-15-17-29-32-36-40-44-48-52-58(63)57(56-62)61-59(64)53-49-45-41-37-33-30-26-24-22-20-18-19-21-23-25-27-31-35-39-43-47-51-55-66-60(65)54-50-46-42-38-34-28-16-14-12-10-8-6-4-2/h20,22,48,52,57-58,62-63H,3-19,21,23-47,49-51,53-56H2,1-2H3,(H,61,64)/b22-20-,52-48+. The maximum Gasteiger partial charge on any atom is 0.305 e. The van der Waals surface area contributed by atoms with Gasteiger partial charge in [-0.25, -0.2) is 0 Å². The average Bonchev–Trinajstić information content (AvgIpc) is 3.32. The van der Waals surface area contributed by atoms with Crippen LogP contribution < -0.4 is 5.32 Å². The molecule has 6 heteroatoms. The molecular formula is C60H115NO5. The third-order valence-corrected chi connectivity index (χ3v) is 13.7. The smallest absolute Gasteiger partial charge is 0.305 e. The van der Waals surface area contributed by atoms with E-state index in [0.717, 1.165) is 44.9 Å². The second kappa shape index (κ2) is 55.9. The van der Waals surface area contributed by atoms with Gasteiger partial charge in [0.2, 0.25) is 5.91 Å². The van der Waals surface area contributed by atoms with Crippen LogP contribution in [0.2, 0.25) is 0 Å². The number of rotatable bonds is 55. The molecule has 0 aromatic carbocycles. The summed E-state index contributed by atoms with van der Waals surface area (Å²) in [6.45, 7) is 4.91. The summed E-state index contributed by atoms with van der Waals surface area (Å²) in [4.78, 5) is 24.5. The number of hydrogen-bond donors (Lipinski definition) is 3. The average molecular weight is 931 g/mol. The van der Waals surface area contributed by atoms with Crippen LogP contribution >= 0.6 is 0 Å². The van der Waals surface area contributed by atoms with E-state index in [4.69, 9.17) is 4.74 Å². The van der Waals surface area contributed by atoms with Crippen molar-refractivity contribution in [2.45, 2.75) is 334 Å². The van der Waals surface area contributed by atoms with Crippen LogP contribution in [-0.4, -0.2) is 47.4 Å². The highest BCUT2D eigenvalue weighted by Crippen LogP contribution is 2.17. The molecule has 0 aliphatic rings. The molecule has 6 nitrogen and oxygen atoms in total. The molecule has 0 spiro atoms. The van der Waals surface area contributed by atoms with E-state index in [9.17, 15) is 19.8 Å². The molecule has 0 saturated heterocycles. The number of ether oxygens (including phenoxy) is 1. The predicted molar refractivity (Wildman–Crippen MR) is 287 cm³/mol. The lowest BCUT2D eigenvalue weighted by atomic mass is 10.0. The molecule has 3 N–H and O–H groups in total. The maximum atomic E-state index is 12.4. The third kappa shape index (κ3) is 51.7. The van der Waals surface area contributed by atoms with Gasteiger partial charge in [0.1, 0.15) is 0 Å². The third-order valence-electron chi connectivity index (χ3n) is 13.7. The number of aliphatic hydroxyl groups excluding tert-OH is 2. The molecule has 2 atom stereocenters. The van der Waals surface area contributed by atoms with E-state index in [-0.39, 0.29) is 18.5 Å². The molecule has 0 aromatic heterocycles. The summed E-state index contributed by atoms with van der Waals surface area (Å²) in [5.74, 6) is -0.0631. The second-order valence-electron chi connectivity index (χ2n) is 20.3. The van der Waals surface area contributed by atoms with Crippen LogP contribution in [-0.2, 0) is 14.3 Å². The van der Waals surface area contributed by atoms with E-state index >= 15 is 0 Å². The molecule has 0 fully saturated rings. The van der Waals surface area contributed by atoms with Gasteiger partial charge in [-0.1, -0.05) is 276 Å². The van der Waals surface area contributed by atoms with Crippen LogP contribution in [0.1, 0.15) is 322 Å². The molecule has 0 bridgehead atoms. The lowest BCUT2D eigenvalue weighted by Crippen LogP contribution is -2.45. The first-order chi connectivity index (χ1) is 32.5. The number of hydrogen-bond acceptors (Lipinski definition) is 5. The summed E-state index contributed by atoms with van der Waals surface area (Å²) >= 11 is 0. The van der Waals surface area contributed by atoms with Gasteiger partial charge in [0.25, 0.3) is 0 Å². The Bertz CT molecular complexity index is 1030. The Morgan fingerprint density at radius 3 is 1.08 bits per heavy atom. The predicted octanol–water partition coefficient (Wildman–Crippen LogP) is 18.2. The van der Waals surface area contributed by atoms with Crippen LogP contribution in [0.4, 0.5) is 0 Å². The molecule has 66 heavy (non-hydrogen) atoms. The summed E-state index contributed by atoms with van der Waals surface area (Å²) in [6, 6.07) is -0.632. The molecule has 1 amide bonds. The zero-order valence-corrected chi connectivity index (χ0v) is 44.4. The van der Waals surface area contributed by atoms with E-state index in [2.05, 4.69) is 31.3 Å². The molecular weight excluding hydrogens is 815 g/mol. The number of allylic oxidation sites excluding steroid dienone is 3. The normalized spacial score (nSPS) is 12.7. The molecule has 0 heterocycles. The second-order valence-corrected chi connectivity index (χ2v) is 20.3. The zero-order valence-electron chi connectivity index (χ0n) is 44.4. The van der Waals surface area contributed by atoms with Crippen molar-refractivity contribution >= 4 is 11.9 Å². The lowest BCUT2D eigenvalue weighted by molar-refractivity contribution is -0.143. The van der Waals surface area contributed by atoms with Crippen molar-refractivity contribution in [3.05, 3.63) is 24.3 Å². The Labute approximate surface area is 411 Å². The topological polar surface area (TPSA) is 95.9 Å². The molecule has 0 aliphatic heterocycles. The summed E-state index contributed by atoms with van der Waals surface area (Å²) in [6.07, 6.45) is 67.8. The van der Waals surface area contributed by atoms with Crippen molar-refractivity contribution in [3.63, 3.8) is 0 Å². The van der Waals surface area contributed by atoms with E-state index < -0.39 is 12.1 Å². The van der Waals surface area contributed by atoms with Gasteiger partial charge in [0.05, 0.1) is 25.4 Å². The summed E-state index contributed by atoms with van der Waals surface area (Å²) in [5, 5.41) is 23.1. The van der Waals surface area contributed by atoms with Crippen molar-refractivity contribution in [1.82, 2.24) is 5.32 Å². The Balaban J connectivity index is 3.43. The lowest BCUT2D eigenvalue weighted by Gasteiger charge is -2.20. The van der Waals surface area contributed by atoms with Crippen molar-refractivity contribution in [2.75, 3.05) is 13.2 Å². The highest BCUT2D eigenvalue weighted by Gasteiger charge is 2.18. The highest BCUT2D eigenvalue weighted by molar-refractivity contribution is 5.76. The number of esters is 1. The minimum Gasteiger partial charge on any atom is -0.466 e. The van der Waals surface area contributed by atoms with Crippen molar-refractivity contribution in [2.24, 2.45) is 0 Å². The largest absolute Gasteiger partial charge is 0.466 e. The minimum atomic E-state index is -0.848. The van der Waals surface area contributed by atoms with Gasteiger partial charge in [-0.15, -0.1) is 0 Å². The summed E-state index contributed by atoms with van der Waals surface area (Å²) in [7, 11) is 0. The van der Waals surface area contributed by atoms with Gasteiger partial charge >= 0.3 is 5.97 Å². The van der Waals surface area contributed by atoms with Gasteiger partial charge < -0.3 is 20.3 Å². The summed E-state index contributed by atoms with van der Waals surface area (Å²) in [5.41, 5.74) is 0. The Hall–Kier alpha value is -1.66. The number of aliphatic hydroxyl groups is 2. The van der Waals surface area contributed by atoms with Crippen LogP contribution in [0.15, 0.2) is 24.3 Å². The fourth-order valence-corrected chi connectivity index (χ4v) is 9.16. The highest BCUT2D eigenvalue weighted by atomic mass is 16.5. The Kier molecular flexibility index (Phi) is 54.5. The van der Waals surface area contributed by atoms with E-state index in [1.165, 1.54) is 250 Å².